The lowest BCUT2D eigenvalue weighted by Crippen LogP contribution is -2.24. The number of aliphatic hydroxyl groups is 1. The SMILES string of the molecule is O[C@@H]1CCC[C@H]1C1CCCCC1. The fourth-order valence-corrected chi connectivity index (χ4v) is 3.08. The van der Waals surface area contributed by atoms with Crippen molar-refractivity contribution in [1.82, 2.24) is 0 Å². The zero-order chi connectivity index (χ0) is 8.39. The van der Waals surface area contributed by atoms with Crippen LogP contribution < -0.4 is 0 Å². The van der Waals surface area contributed by atoms with Gasteiger partial charge in [0.25, 0.3) is 0 Å². The van der Waals surface area contributed by atoms with E-state index in [4.69, 9.17) is 0 Å². The molecule has 0 aromatic carbocycles. The van der Waals surface area contributed by atoms with E-state index in [1.54, 1.807) is 0 Å². The molecule has 2 atom stereocenters. The highest BCUT2D eigenvalue weighted by atomic mass is 16.3. The Kier molecular flexibility index (Phi) is 2.69. The second-order valence-electron chi connectivity index (χ2n) is 4.56. The van der Waals surface area contributed by atoms with Crippen molar-refractivity contribution in [2.24, 2.45) is 11.8 Å². The first-order valence-electron chi connectivity index (χ1n) is 5.56. The number of aliphatic hydroxyl groups excluding tert-OH is 1. The summed E-state index contributed by atoms with van der Waals surface area (Å²) in [7, 11) is 0. The molecule has 0 bridgehead atoms. The molecule has 2 aliphatic carbocycles. The largest absolute Gasteiger partial charge is 0.393 e. The fourth-order valence-electron chi connectivity index (χ4n) is 3.08. The molecule has 12 heavy (non-hydrogen) atoms. The van der Waals surface area contributed by atoms with Crippen molar-refractivity contribution < 1.29 is 5.11 Å². The smallest absolute Gasteiger partial charge is 0.0571 e. The van der Waals surface area contributed by atoms with E-state index in [0.29, 0.717) is 5.92 Å². The number of hydrogen-bond donors (Lipinski definition) is 1. The third-order valence-electron chi connectivity index (χ3n) is 3.79. The van der Waals surface area contributed by atoms with Crippen molar-refractivity contribution in [1.29, 1.82) is 0 Å². The molecule has 0 spiro atoms. The highest BCUT2D eigenvalue weighted by molar-refractivity contribution is 4.83. The summed E-state index contributed by atoms with van der Waals surface area (Å²) in [6, 6.07) is 0. The standard InChI is InChI=1S/C11H20O/c12-11-8-4-7-10(11)9-5-2-1-3-6-9/h9-12H,1-8H2/t10-,11+/m0/s1. The third kappa shape index (κ3) is 1.66. The first-order chi connectivity index (χ1) is 5.88. The molecular formula is C11H20O. The Bertz CT molecular complexity index is 138. The van der Waals surface area contributed by atoms with Crippen LogP contribution in [0.3, 0.4) is 0 Å². The van der Waals surface area contributed by atoms with Crippen molar-refractivity contribution in [2.45, 2.75) is 57.5 Å². The highest BCUT2D eigenvalue weighted by Gasteiger charge is 2.32. The first kappa shape index (κ1) is 8.55. The molecule has 2 rings (SSSR count). The van der Waals surface area contributed by atoms with Crippen molar-refractivity contribution >= 4 is 0 Å². The third-order valence-corrected chi connectivity index (χ3v) is 3.79. The first-order valence-corrected chi connectivity index (χ1v) is 5.56. The van der Waals surface area contributed by atoms with Gasteiger partial charge in [0.2, 0.25) is 0 Å². The van der Waals surface area contributed by atoms with Crippen LogP contribution in [0.5, 0.6) is 0 Å². The quantitative estimate of drug-likeness (QED) is 0.638. The summed E-state index contributed by atoms with van der Waals surface area (Å²) in [6.45, 7) is 0. The van der Waals surface area contributed by atoms with E-state index < -0.39 is 0 Å². The lowest BCUT2D eigenvalue weighted by Gasteiger charge is -2.29. The predicted octanol–water partition coefficient (Wildman–Crippen LogP) is 2.73. The Balaban J connectivity index is 1.89. The van der Waals surface area contributed by atoms with Crippen LogP contribution in [0.4, 0.5) is 0 Å². The average molecular weight is 168 g/mol. The summed E-state index contributed by atoms with van der Waals surface area (Å²) in [5.74, 6) is 1.54. The molecule has 0 unspecified atom stereocenters. The van der Waals surface area contributed by atoms with E-state index in [2.05, 4.69) is 0 Å². The highest BCUT2D eigenvalue weighted by Crippen LogP contribution is 2.39. The van der Waals surface area contributed by atoms with Crippen LogP contribution >= 0.6 is 0 Å². The van der Waals surface area contributed by atoms with Gasteiger partial charge in [0.1, 0.15) is 0 Å². The Hall–Kier alpha value is -0.0400. The topological polar surface area (TPSA) is 20.2 Å². The van der Waals surface area contributed by atoms with Crippen LogP contribution in [0.25, 0.3) is 0 Å². The van der Waals surface area contributed by atoms with Crippen LogP contribution in [0.1, 0.15) is 51.4 Å². The Morgan fingerprint density at radius 1 is 0.750 bits per heavy atom. The molecule has 2 saturated carbocycles. The Morgan fingerprint density at radius 3 is 2.08 bits per heavy atom. The van der Waals surface area contributed by atoms with Gasteiger partial charge in [-0.25, -0.2) is 0 Å². The van der Waals surface area contributed by atoms with Gasteiger partial charge < -0.3 is 5.11 Å². The number of hydrogen-bond acceptors (Lipinski definition) is 1. The van der Waals surface area contributed by atoms with Crippen molar-refractivity contribution in [3.05, 3.63) is 0 Å². The zero-order valence-electron chi connectivity index (χ0n) is 7.84. The van der Waals surface area contributed by atoms with Crippen LogP contribution in [-0.2, 0) is 0 Å². The van der Waals surface area contributed by atoms with Gasteiger partial charge in [0.05, 0.1) is 6.10 Å². The van der Waals surface area contributed by atoms with Crippen molar-refractivity contribution in [3.63, 3.8) is 0 Å². The average Bonchev–Trinajstić information content (AvgIpc) is 2.53. The zero-order valence-corrected chi connectivity index (χ0v) is 7.84. The molecule has 0 amide bonds. The summed E-state index contributed by atoms with van der Waals surface area (Å²) in [5.41, 5.74) is 0. The molecule has 1 heteroatoms. The van der Waals surface area contributed by atoms with Crippen molar-refractivity contribution in [2.75, 3.05) is 0 Å². The van der Waals surface area contributed by atoms with Crippen LogP contribution in [0, 0.1) is 11.8 Å². The van der Waals surface area contributed by atoms with Gasteiger partial charge in [0.15, 0.2) is 0 Å². The van der Waals surface area contributed by atoms with E-state index in [1.165, 1.54) is 44.9 Å². The fraction of sp³-hybridized carbons (Fsp3) is 1.00. The van der Waals surface area contributed by atoms with E-state index in [0.717, 1.165) is 12.3 Å². The van der Waals surface area contributed by atoms with E-state index in [-0.39, 0.29) is 6.10 Å². The monoisotopic (exact) mass is 168 g/mol. The maximum atomic E-state index is 9.74. The molecule has 1 N–H and O–H groups in total. The second-order valence-corrected chi connectivity index (χ2v) is 4.56. The molecule has 0 aliphatic heterocycles. The normalized spacial score (nSPS) is 38.8. The van der Waals surface area contributed by atoms with Gasteiger partial charge in [-0.15, -0.1) is 0 Å². The van der Waals surface area contributed by atoms with Gasteiger partial charge in [-0.1, -0.05) is 38.5 Å². The minimum atomic E-state index is 0.0492. The molecule has 0 heterocycles. The van der Waals surface area contributed by atoms with Gasteiger partial charge in [0, 0.05) is 0 Å². The Morgan fingerprint density at radius 2 is 1.50 bits per heavy atom. The van der Waals surface area contributed by atoms with Gasteiger partial charge >= 0.3 is 0 Å². The minimum Gasteiger partial charge on any atom is -0.393 e. The van der Waals surface area contributed by atoms with E-state index >= 15 is 0 Å². The van der Waals surface area contributed by atoms with Gasteiger partial charge in [-0.2, -0.15) is 0 Å². The van der Waals surface area contributed by atoms with E-state index in [9.17, 15) is 5.11 Å². The van der Waals surface area contributed by atoms with Crippen LogP contribution in [-0.4, -0.2) is 11.2 Å². The summed E-state index contributed by atoms with van der Waals surface area (Å²) < 4.78 is 0. The molecule has 0 aromatic rings. The molecule has 0 radical (unpaired) electrons. The lowest BCUT2D eigenvalue weighted by molar-refractivity contribution is 0.0832. The Labute approximate surface area is 75.2 Å². The molecule has 70 valence electrons. The maximum Gasteiger partial charge on any atom is 0.0571 e. The summed E-state index contributed by atoms with van der Waals surface area (Å²) in [6.07, 6.45) is 10.7. The summed E-state index contributed by atoms with van der Waals surface area (Å²) in [4.78, 5) is 0. The molecule has 1 nitrogen and oxygen atoms in total. The minimum absolute atomic E-state index is 0.0492. The molecule has 2 aliphatic rings. The second kappa shape index (κ2) is 3.78. The maximum absolute atomic E-state index is 9.74. The molecular weight excluding hydrogens is 148 g/mol. The lowest BCUT2D eigenvalue weighted by atomic mass is 9.78. The van der Waals surface area contributed by atoms with E-state index in [1.807, 2.05) is 0 Å². The van der Waals surface area contributed by atoms with Gasteiger partial charge in [-0.3, -0.25) is 0 Å². The molecule has 0 aromatic heterocycles. The van der Waals surface area contributed by atoms with Crippen molar-refractivity contribution in [3.8, 4) is 0 Å². The molecule has 2 fully saturated rings. The summed E-state index contributed by atoms with van der Waals surface area (Å²) >= 11 is 0. The predicted molar refractivity (Wildman–Crippen MR) is 49.9 cm³/mol. The van der Waals surface area contributed by atoms with Crippen LogP contribution in [0.2, 0.25) is 0 Å². The van der Waals surface area contributed by atoms with Crippen LogP contribution in [0.15, 0.2) is 0 Å². The number of rotatable bonds is 1. The van der Waals surface area contributed by atoms with Gasteiger partial charge in [-0.05, 0) is 24.7 Å². The molecule has 0 saturated heterocycles. The summed E-state index contributed by atoms with van der Waals surface area (Å²) in [5, 5.41) is 9.74.